The van der Waals surface area contributed by atoms with Crippen LogP contribution in [0.2, 0.25) is 0 Å². The summed E-state index contributed by atoms with van der Waals surface area (Å²) in [5, 5.41) is 3.43. The van der Waals surface area contributed by atoms with Gasteiger partial charge in [-0.2, -0.15) is 0 Å². The SMILES string of the molecule is CN(C)c1[c]ccc(C[SH]2CCNCC2)c1. The normalized spacial score (nSPS) is 18.5. The number of nitrogens with one attached hydrogen (secondary N) is 1. The van der Waals surface area contributed by atoms with Crippen molar-refractivity contribution >= 4 is 16.6 Å². The fourth-order valence-electron chi connectivity index (χ4n) is 1.98. The molecule has 2 rings (SSSR count). The van der Waals surface area contributed by atoms with Gasteiger partial charge in [0.25, 0.3) is 0 Å². The van der Waals surface area contributed by atoms with Crippen LogP contribution in [0.15, 0.2) is 18.2 Å². The van der Waals surface area contributed by atoms with Gasteiger partial charge >= 0.3 is 0 Å². The molecule has 16 heavy (non-hydrogen) atoms. The molecule has 0 spiro atoms. The molecule has 0 bridgehead atoms. The van der Waals surface area contributed by atoms with Crippen LogP contribution in [-0.4, -0.2) is 38.7 Å². The maximum atomic E-state index is 3.43. The number of hydrogen-bond acceptors (Lipinski definition) is 2. The van der Waals surface area contributed by atoms with Crippen LogP contribution in [0.25, 0.3) is 0 Å². The minimum atomic E-state index is 0.225. The average Bonchev–Trinajstić information content (AvgIpc) is 2.30. The van der Waals surface area contributed by atoms with Gasteiger partial charge in [0, 0.05) is 44.7 Å². The molecule has 89 valence electrons. The maximum Gasteiger partial charge on any atom is 0.0444 e. The fourth-order valence-corrected chi connectivity index (χ4v) is 4.19. The molecule has 1 heterocycles. The lowest BCUT2D eigenvalue weighted by molar-refractivity contribution is 0.751. The molecule has 1 N–H and O–H groups in total. The molecule has 0 aliphatic carbocycles. The first-order valence-electron chi connectivity index (χ1n) is 5.87. The molecule has 1 aliphatic rings. The molecule has 2 nitrogen and oxygen atoms in total. The summed E-state index contributed by atoms with van der Waals surface area (Å²) in [5.41, 5.74) is 2.68. The fraction of sp³-hybridized carbons (Fsp3) is 0.538. The standard InChI is InChI=1S/C13H21N2S/c1-15(2)13-5-3-4-12(10-13)11-16-8-6-14-7-9-16/h3-4,10,14,16H,6-9,11H2,1-2H3. The van der Waals surface area contributed by atoms with Gasteiger partial charge in [-0.3, -0.25) is 0 Å². The van der Waals surface area contributed by atoms with Gasteiger partial charge in [-0.1, -0.05) is 12.1 Å². The van der Waals surface area contributed by atoms with E-state index in [2.05, 4.69) is 48.6 Å². The topological polar surface area (TPSA) is 15.3 Å². The van der Waals surface area contributed by atoms with Crippen molar-refractivity contribution in [2.24, 2.45) is 0 Å². The van der Waals surface area contributed by atoms with E-state index in [9.17, 15) is 0 Å². The average molecular weight is 237 g/mol. The van der Waals surface area contributed by atoms with Crippen LogP contribution in [0, 0.1) is 6.07 Å². The smallest absolute Gasteiger partial charge is 0.0444 e. The highest BCUT2D eigenvalue weighted by atomic mass is 32.2. The Bertz CT molecular complexity index is 332. The molecule has 1 radical (unpaired) electrons. The molecule has 3 heteroatoms. The number of rotatable bonds is 3. The lowest BCUT2D eigenvalue weighted by atomic mass is 10.2. The lowest BCUT2D eigenvalue weighted by Crippen LogP contribution is -2.29. The molecule has 1 saturated heterocycles. The summed E-state index contributed by atoms with van der Waals surface area (Å²) in [6, 6.07) is 9.83. The van der Waals surface area contributed by atoms with Crippen molar-refractivity contribution in [3.8, 4) is 0 Å². The minimum Gasteiger partial charge on any atom is -0.377 e. The van der Waals surface area contributed by atoms with E-state index in [0.717, 1.165) is 0 Å². The van der Waals surface area contributed by atoms with E-state index in [4.69, 9.17) is 0 Å². The van der Waals surface area contributed by atoms with Crippen LogP contribution in [0.4, 0.5) is 5.69 Å². The number of thiol groups is 1. The van der Waals surface area contributed by atoms with E-state index in [0.29, 0.717) is 0 Å². The minimum absolute atomic E-state index is 0.225. The van der Waals surface area contributed by atoms with E-state index in [1.54, 1.807) is 0 Å². The second-order valence-corrected chi connectivity index (χ2v) is 7.06. The van der Waals surface area contributed by atoms with Crippen molar-refractivity contribution in [1.29, 1.82) is 0 Å². The molecule has 1 aromatic carbocycles. The molecule has 1 aliphatic heterocycles. The summed E-state index contributed by atoms with van der Waals surface area (Å²) in [6.45, 7) is 2.43. The summed E-state index contributed by atoms with van der Waals surface area (Å²) in [5.74, 6) is 4.04. The van der Waals surface area contributed by atoms with Crippen LogP contribution in [0.5, 0.6) is 0 Å². The molecule has 0 atom stereocenters. The first-order valence-corrected chi connectivity index (χ1v) is 7.76. The number of anilines is 1. The van der Waals surface area contributed by atoms with E-state index in [1.165, 1.54) is 41.6 Å². The Hall–Kier alpha value is -0.670. The highest BCUT2D eigenvalue weighted by Gasteiger charge is 2.09. The lowest BCUT2D eigenvalue weighted by Gasteiger charge is -2.27. The van der Waals surface area contributed by atoms with Crippen molar-refractivity contribution in [3.63, 3.8) is 0 Å². The van der Waals surface area contributed by atoms with Gasteiger partial charge in [0.2, 0.25) is 0 Å². The number of nitrogens with zero attached hydrogens (tertiary/aromatic N) is 1. The molecule has 1 fully saturated rings. The Labute approximate surface area is 101 Å². The molecule has 1 aromatic rings. The summed E-state index contributed by atoms with van der Waals surface area (Å²) >= 11 is 0. The molecular formula is C13H21N2S. The zero-order valence-corrected chi connectivity index (χ0v) is 11.1. The Morgan fingerprint density at radius 1 is 1.38 bits per heavy atom. The van der Waals surface area contributed by atoms with Gasteiger partial charge in [0.1, 0.15) is 0 Å². The second-order valence-electron chi connectivity index (χ2n) is 4.50. The van der Waals surface area contributed by atoms with Gasteiger partial charge in [-0.15, -0.1) is 0 Å². The third kappa shape index (κ3) is 3.16. The van der Waals surface area contributed by atoms with Gasteiger partial charge in [0.05, 0.1) is 0 Å². The van der Waals surface area contributed by atoms with Crippen molar-refractivity contribution < 1.29 is 0 Å². The van der Waals surface area contributed by atoms with Crippen LogP contribution in [0.3, 0.4) is 0 Å². The maximum absolute atomic E-state index is 3.43. The summed E-state index contributed by atoms with van der Waals surface area (Å²) in [4.78, 5) is 2.12. The highest BCUT2D eigenvalue weighted by molar-refractivity contribution is 8.16. The molecule has 0 unspecified atom stereocenters. The predicted molar refractivity (Wildman–Crippen MR) is 74.9 cm³/mol. The first-order chi connectivity index (χ1) is 7.75. The zero-order chi connectivity index (χ0) is 11.4. The Kier molecular flexibility index (Phi) is 4.13. The Morgan fingerprint density at radius 3 is 2.81 bits per heavy atom. The Balaban J connectivity index is 2.00. The van der Waals surface area contributed by atoms with E-state index in [-0.39, 0.29) is 10.9 Å². The summed E-state index contributed by atoms with van der Waals surface area (Å²) < 4.78 is 0. The van der Waals surface area contributed by atoms with E-state index >= 15 is 0 Å². The van der Waals surface area contributed by atoms with Crippen molar-refractivity contribution in [1.82, 2.24) is 5.32 Å². The van der Waals surface area contributed by atoms with Crippen LogP contribution >= 0.6 is 10.9 Å². The third-order valence-corrected chi connectivity index (χ3v) is 5.47. The largest absolute Gasteiger partial charge is 0.377 e. The van der Waals surface area contributed by atoms with Crippen molar-refractivity contribution in [3.05, 3.63) is 29.8 Å². The number of hydrogen-bond donors (Lipinski definition) is 2. The second kappa shape index (κ2) is 5.60. The Morgan fingerprint density at radius 2 is 2.12 bits per heavy atom. The summed E-state index contributed by atoms with van der Waals surface area (Å²) in [7, 11) is 4.38. The molecular weight excluding hydrogens is 216 g/mol. The monoisotopic (exact) mass is 237 g/mol. The van der Waals surface area contributed by atoms with Gasteiger partial charge < -0.3 is 10.2 Å². The zero-order valence-electron chi connectivity index (χ0n) is 10.2. The van der Waals surface area contributed by atoms with Gasteiger partial charge in [-0.25, -0.2) is 10.9 Å². The molecule has 0 amide bonds. The van der Waals surface area contributed by atoms with Crippen LogP contribution in [0.1, 0.15) is 5.56 Å². The van der Waals surface area contributed by atoms with Gasteiger partial charge in [0.15, 0.2) is 0 Å². The predicted octanol–water partition coefficient (Wildman–Crippen LogP) is 1.66. The van der Waals surface area contributed by atoms with E-state index < -0.39 is 0 Å². The van der Waals surface area contributed by atoms with Crippen molar-refractivity contribution in [2.75, 3.05) is 43.6 Å². The van der Waals surface area contributed by atoms with Crippen LogP contribution < -0.4 is 10.2 Å². The molecule has 0 saturated carbocycles. The summed E-state index contributed by atoms with van der Waals surface area (Å²) in [6.07, 6.45) is 0. The van der Waals surface area contributed by atoms with E-state index in [1.807, 2.05) is 0 Å². The van der Waals surface area contributed by atoms with Gasteiger partial charge in [-0.05, 0) is 23.1 Å². The highest BCUT2D eigenvalue weighted by Crippen LogP contribution is 2.31. The molecule has 0 aromatic heterocycles. The van der Waals surface area contributed by atoms with Crippen molar-refractivity contribution in [2.45, 2.75) is 5.75 Å². The first kappa shape index (κ1) is 11.8. The quantitative estimate of drug-likeness (QED) is 0.777. The number of benzene rings is 1. The third-order valence-electron chi connectivity index (χ3n) is 2.95. The van der Waals surface area contributed by atoms with Crippen LogP contribution in [-0.2, 0) is 5.75 Å².